The molecule has 0 saturated carbocycles. The molecular weight excluding hydrogens is 475 g/mol. The molecule has 0 unspecified atom stereocenters. The van der Waals surface area contributed by atoms with Gasteiger partial charge in [-0.1, -0.05) is 0 Å². The third-order valence-corrected chi connectivity index (χ3v) is 0. The van der Waals surface area contributed by atoms with Crippen molar-refractivity contribution in [3.8, 4) is 0 Å². The van der Waals surface area contributed by atoms with E-state index in [1.54, 1.807) is 0 Å². The van der Waals surface area contributed by atoms with Crippen LogP contribution in [-0.4, -0.2) is 119 Å². The summed E-state index contributed by atoms with van der Waals surface area (Å²) in [7, 11) is -10.9. The van der Waals surface area contributed by atoms with E-state index in [4.69, 9.17) is 42.2 Å². The van der Waals surface area contributed by atoms with Gasteiger partial charge in [-0.2, -0.15) is 0 Å². The van der Waals surface area contributed by atoms with Gasteiger partial charge in [0.05, 0.1) is 0 Å². The predicted octanol–water partition coefficient (Wildman–Crippen LogP) is -12.9. The molecule has 0 aromatic rings. The summed E-state index contributed by atoms with van der Waals surface area (Å²) in [5.41, 5.74) is 0. The van der Waals surface area contributed by atoms with Gasteiger partial charge in [0.2, 0.25) is 0 Å². The molecule has 0 atom stereocenters. The molecule has 20 heteroatoms. The van der Waals surface area contributed by atoms with Gasteiger partial charge in [-0.15, -0.1) is 0 Å². The summed E-state index contributed by atoms with van der Waals surface area (Å²) in [6.45, 7) is 0. The largest absolute Gasteiger partial charge is 3.00 e. The minimum Gasteiger partial charge on any atom is -0.672 e. The van der Waals surface area contributed by atoms with Crippen LogP contribution in [0.15, 0.2) is 0 Å². The van der Waals surface area contributed by atoms with Gasteiger partial charge in [-0.05, 0) is 0 Å². The van der Waals surface area contributed by atoms with Crippen LogP contribution in [0.4, 0.5) is 0 Å². The number of hydrogen-bond acceptors (Lipinski definition) is 9. The molecule has 0 spiro atoms. The maximum atomic E-state index is 8.52. The van der Waals surface area contributed by atoms with Crippen molar-refractivity contribution in [2.45, 2.75) is 0 Å². The Bertz CT molecular complexity index is 135. The summed E-state index contributed by atoms with van der Waals surface area (Å²) in [5.74, 6) is 0. The van der Waals surface area contributed by atoms with Crippen LogP contribution < -0.4 is 28.8 Å². The first kappa shape index (κ1) is 78.9. The van der Waals surface area contributed by atoms with Crippen LogP contribution in [0.5, 0.6) is 0 Å². The van der Waals surface area contributed by atoms with Gasteiger partial charge >= 0.3 is 80.2 Å². The van der Waals surface area contributed by atoms with E-state index in [1.807, 2.05) is 0 Å². The summed E-state index contributed by atoms with van der Waals surface area (Å²) in [5, 5.41) is 0. The second-order valence-corrected chi connectivity index (χ2v) is 2.25. The van der Waals surface area contributed by atoms with E-state index in [9.17, 15) is 0 Å². The van der Waals surface area contributed by atoms with Crippen molar-refractivity contribution in [2.75, 3.05) is 0 Å². The van der Waals surface area contributed by atoms with E-state index in [-0.39, 0.29) is 126 Å². The van der Waals surface area contributed by atoms with E-state index in [2.05, 4.69) is 0 Å². The monoisotopic (exact) mass is 482 g/mol. The second-order valence-electron chi connectivity index (χ2n) is 0.750. The molecular formula is H8Al2Fe2Mg2O11Si3. The molecule has 0 saturated heterocycles. The fraction of sp³-hybridized carbons (Fsp3) is 0. The van der Waals surface area contributed by atoms with Crippen LogP contribution in [0.1, 0.15) is 0 Å². The molecule has 0 amide bonds. The predicted molar refractivity (Wildman–Crippen MR) is 55.1 cm³/mol. The van der Waals surface area contributed by atoms with Gasteiger partial charge in [0.25, 0.3) is 0 Å². The van der Waals surface area contributed by atoms with E-state index in [0.29, 0.717) is 0 Å². The van der Waals surface area contributed by atoms with Gasteiger partial charge in [0.15, 0.2) is 0 Å². The van der Waals surface area contributed by atoms with Crippen LogP contribution in [0.25, 0.3) is 0 Å². The average molecular weight is 483 g/mol. The van der Waals surface area contributed by atoms with Crippen molar-refractivity contribution in [2.24, 2.45) is 0 Å². The topological polar surface area (TPSA) is 253 Å². The first-order valence-corrected chi connectivity index (χ1v) is 5.51. The van der Waals surface area contributed by atoms with Crippen LogP contribution in [0, 0.1) is 0 Å². The maximum Gasteiger partial charge on any atom is 3.00 e. The van der Waals surface area contributed by atoms with Crippen molar-refractivity contribution < 1.29 is 87.2 Å². The Morgan fingerprint density at radius 2 is 0.500 bits per heavy atom. The van der Waals surface area contributed by atoms with E-state index in [0.717, 1.165) is 0 Å². The van der Waals surface area contributed by atoms with Gasteiger partial charge in [0.1, 0.15) is 0 Å². The smallest absolute Gasteiger partial charge is 0.672 e. The summed E-state index contributed by atoms with van der Waals surface area (Å²) >= 11 is 0. The Morgan fingerprint density at radius 1 is 0.500 bits per heavy atom. The fourth-order valence-electron chi connectivity index (χ4n) is 0. The van der Waals surface area contributed by atoms with E-state index in [1.165, 1.54) is 0 Å². The number of hydrogen-bond donors (Lipinski definition) is 0. The average Bonchev–Trinajstić information content (AvgIpc) is 1.54. The molecule has 0 aliphatic carbocycles. The number of rotatable bonds is 0. The van der Waals surface area contributed by atoms with Gasteiger partial charge in [-0.25, -0.2) is 0 Å². The molecule has 0 heterocycles. The fourth-order valence-corrected chi connectivity index (χ4v) is 0. The molecule has 20 heavy (non-hydrogen) atoms. The van der Waals surface area contributed by atoms with E-state index < -0.39 is 27.5 Å². The zero-order chi connectivity index (χ0) is 10.7. The Kier molecular flexibility index (Phi) is 270. The van der Waals surface area contributed by atoms with Crippen molar-refractivity contribution in [3.63, 3.8) is 0 Å². The Hall–Kier alpha value is 2.41. The molecule has 11 nitrogen and oxygen atoms in total. The molecule has 0 aromatic heterocycles. The third kappa shape index (κ3) is 1330. The first-order chi connectivity index (χ1) is 5.20. The minimum atomic E-state index is -3.63. The Labute approximate surface area is 193 Å². The zero-order valence-corrected chi connectivity index (χ0v) is 15.6. The van der Waals surface area contributed by atoms with Crippen LogP contribution in [-0.2, 0) is 47.5 Å². The van der Waals surface area contributed by atoms with Gasteiger partial charge in [0, 0.05) is 62.2 Å². The van der Waals surface area contributed by atoms with Crippen LogP contribution in [0.3, 0.4) is 0 Å². The molecule has 0 rings (SSSR count). The quantitative estimate of drug-likeness (QED) is 0.296. The molecule has 0 fully saturated rings. The summed E-state index contributed by atoms with van der Waals surface area (Å²) in [6, 6.07) is 0. The van der Waals surface area contributed by atoms with Gasteiger partial charge in [-0.3, -0.25) is 0 Å². The molecule has 4 N–H and O–H groups in total. The van der Waals surface area contributed by atoms with Crippen molar-refractivity contribution in [1.82, 2.24) is 0 Å². The normalized spacial score (nSPS) is 3.60. The summed E-state index contributed by atoms with van der Waals surface area (Å²) < 4.78 is 25.6. The standard InChI is InChI=1S/2Al.2Fe.2Mg.3O3Si.2H2O.4H/c;;;;;;3*1-4(2)3;;;;;;/h;;;;;;;;;2*1H2;;;;/q;;2*+3;;;3*-2;;;;;;. The Balaban J connectivity index is -0.00000000562. The summed E-state index contributed by atoms with van der Waals surface area (Å²) in [4.78, 5) is 51.1. The van der Waals surface area contributed by atoms with Gasteiger partial charge < -0.3 is 53.1 Å². The van der Waals surface area contributed by atoms with Crippen LogP contribution in [0.2, 0.25) is 0 Å². The second kappa shape index (κ2) is 68.5. The molecule has 0 aliphatic heterocycles. The molecule has 0 aromatic carbocycles. The molecule has 112 valence electrons. The maximum absolute atomic E-state index is 8.52. The molecule has 0 aliphatic rings. The molecule has 0 bridgehead atoms. The molecule has 8 radical (unpaired) electrons. The van der Waals surface area contributed by atoms with Crippen molar-refractivity contribution >= 4 is 108 Å². The van der Waals surface area contributed by atoms with Crippen molar-refractivity contribution in [1.29, 1.82) is 0 Å². The minimum absolute atomic E-state index is 0. The zero-order valence-electron chi connectivity index (χ0n) is 8.04. The van der Waals surface area contributed by atoms with E-state index >= 15 is 0 Å². The van der Waals surface area contributed by atoms with Crippen molar-refractivity contribution in [3.05, 3.63) is 0 Å². The first-order valence-electron chi connectivity index (χ1n) is 1.84. The Morgan fingerprint density at radius 3 is 0.500 bits per heavy atom. The third-order valence-electron chi connectivity index (χ3n) is 0. The van der Waals surface area contributed by atoms with Crippen LogP contribution >= 0.6 is 0 Å². The SMILES string of the molecule is O.O.O=[Si]([O-])[O-].O=[Si]([O-])[O-].O=[Si]([O-])[O-].[Al].[Al].[Fe+3].[Fe+3].[MgH2].[MgH2]. The summed E-state index contributed by atoms with van der Waals surface area (Å²) in [6.07, 6.45) is 0.